The van der Waals surface area contributed by atoms with Crippen LogP contribution >= 0.6 is 0 Å². The van der Waals surface area contributed by atoms with Crippen LogP contribution in [0.15, 0.2) is 162 Å². The minimum absolute atomic E-state index is 0.00706. The summed E-state index contributed by atoms with van der Waals surface area (Å²) in [6.07, 6.45) is 0. The maximum atomic E-state index is 13.4. The fraction of sp³-hybridized carbons (Fsp3) is 0.0455. The number of furan rings is 1. The third-order valence-electron chi connectivity index (χ3n) is 9.45. The first-order valence-corrected chi connectivity index (χ1v) is 17.9. The summed E-state index contributed by atoms with van der Waals surface area (Å²) >= 11 is 0. The Balaban J connectivity index is 1.24. The zero-order valence-electron chi connectivity index (χ0n) is 26.1. The van der Waals surface area contributed by atoms with Gasteiger partial charge in [-0.1, -0.05) is 115 Å². The Morgan fingerprint density at radius 2 is 0.917 bits per heavy atom. The fourth-order valence-electron chi connectivity index (χ4n) is 7.18. The van der Waals surface area contributed by atoms with Crippen LogP contribution in [0.25, 0.3) is 77.6 Å². The molecule has 0 saturated carbocycles. The normalized spacial score (nSPS) is 13.6. The molecule has 0 bridgehead atoms. The Morgan fingerprint density at radius 1 is 0.396 bits per heavy atom. The first-order valence-electron chi connectivity index (χ1n) is 16.1. The lowest BCUT2D eigenvalue weighted by Gasteiger charge is -2.15. The van der Waals surface area contributed by atoms with Crippen molar-refractivity contribution in [2.24, 2.45) is 0 Å². The van der Waals surface area contributed by atoms with Gasteiger partial charge in [-0.25, -0.2) is 8.42 Å². The van der Waals surface area contributed by atoms with Gasteiger partial charge in [-0.2, -0.15) is 0 Å². The Kier molecular flexibility index (Phi) is 6.66. The molecule has 1 aliphatic rings. The molecule has 4 heteroatoms. The van der Waals surface area contributed by atoms with E-state index in [0.717, 1.165) is 88.7 Å². The van der Waals surface area contributed by atoms with Crippen LogP contribution in [0.2, 0.25) is 0 Å². The molecule has 8 aromatic rings. The van der Waals surface area contributed by atoms with Crippen molar-refractivity contribution in [3.8, 4) is 55.6 Å². The van der Waals surface area contributed by atoms with Crippen molar-refractivity contribution in [3.63, 3.8) is 0 Å². The molecular formula is C44H30O3S. The lowest BCUT2D eigenvalue weighted by molar-refractivity contribution is 0.595. The van der Waals surface area contributed by atoms with Crippen molar-refractivity contribution in [2.45, 2.75) is 11.5 Å². The van der Waals surface area contributed by atoms with Crippen LogP contribution in [0, 0.1) is 0 Å². The van der Waals surface area contributed by atoms with Crippen LogP contribution in [0.5, 0.6) is 0 Å². The monoisotopic (exact) mass is 638 g/mol. The SMILES string of the molecule is O=S1(=O)Cc2ccc(-c3cc(-c4ccccc4)cc(-c4ccccc4)c3)cc2-c2cc(-c3cccc4oc5ccccc5c34)ccc2C1. The summed E-state index contributed by atoms with van der Waals surface area (Å²) in [5.74, 6) is 0.0149. The first-order chi connectivity index (χ1) is 23.5. The number of fused-ring (bicyclic) bond motifs is 6. The standard InChI is InChI=1S/C44H30O3S/c45-48(46)27-33-20-18-31(37-23-35(29-10-3-1-4-11-29)22-36(24-37)30-12-5-2-6-13-30)25-40(33)41-26-32(19-21-34(41)28-48)38-15-9-17-43-44(38)39-14-7-8-16-42(39)47-43/h1-26H,27-28H2. The third kappa shape index (κ3) is 5.02. The maximum Gasteiger partial charge on any atom is 0.158 e. The van der Waals surface area contributed by atoms with E-state index >= 15 is 0 Å². The van der Waals surface area contributed by atoms with Crippen LogP contribution < -0.4 is 0 Å². The van der Waals surface area contributed by atoms with Gasteiger partial charge in [0.1, 0.15) is 11.2 Å². The van der Waals surface area contributed by atoms with Gasteiger partial charge < -0.3 is 4.42 Å². The second-order valence-corrected chi connectivity index (χ2v) is 14.6. The van der Waals surface area contributed by atoms with Crippen LogP contribution in [0.1, 0.15) is 11.1 Å². The maximum absolute atomic E-state index is 13.4. The van der Waals surface area contributed by atoms with Crippen LogP contribution in [-0.2, 0) is 21.3 Å². The van der Waals surface area contributed by atoms with E-state index < -0.39 is 9.84 Å². The van der Waals surface area contributed by atoms with Crippen LogP contribution in [0.3, 0.4) is 0 Å². The van der Waals surface area contributed by atoms with Crippen LogP contribution in [-0.4, -0.2) is 8.42 Å². The van der Waals surface area contributed by atoms with Crippen LogP contribution in [0.4, 0.5) is 0 Å². The van der Waals surface area contributed by atoms with Gasteiger partial charge in [0.2, 0.25) is 0 Å². The summed E-state index contributed by atoms with van der Waals surface area (Å²) in [5, 5.41) is 2.13. The number of sulfone groups is 1. The lowest BCUT2D eigenvalue weighted by atomic mass is 9.88. The second-order valence-electron chi connectivity index (χ2n) is 12.6. The summed E-state index contributed by atoms with van der Waals surface area (Å²) < 4.78 is 33.0. The van der Waals surface area contributed by atoms with E-state index in [-0.39, 0.29) is 11.5 Å². The molecule has 0 fully saturated rings. The van der Waals surface area contributed by atoms with Gasteiger partial charge in [0.05, 0.1) is 11.5 Å². The van der Waals surface area contributed by atoms with Gasteiger partial charge in [-0.3, -0.25) is 0 Å². The molecule has 9 rings (SSSR count). The highest BCUT2D eigenvalue weighted by Gasteiger charge is 2.25. The Bertz CT molecular complexity index is 2560. The number of benzene rings is 7. The Morgan fingerprint density at radius 3 is 1.56 bits per heavy atom. The van der Waals surface area contributed by atoms with E-state index in [1.807, 2.05) is 54.6 Å². The van der Waals surface area contributed by atoms with E-state index in [2.05, 4.69) is 103 Å². The van der Waals surface area contributed by atoms with Gasteiger partial charge >= 0.3 is 0 Å². The summed E-state index contributed by atoms with van der Waals surface area (Å²) in [4.78, 5) is 0. The number of rotatable bonds is 4. The molecule has 1 aromatic heterocycles. The predicted octanol–water partition coefficient (Wildman–Crippen LogP) is 11.3. The molecule has 3 nitrogen and oxygen atoms in total. The number of hydrogen-bond donors (Lipinski definition) is 0. The molecule has 0 aliphatic carbocycles. The van der Waals surface area contributed by atoms with E-state index in [4.69, 9.17) is 4.42 Å². The average Bonchev–Trinajstić information content (AvgIpc) is 3.46. The molecule has 0 saturated heterocycles. The van der Waals surface area contributed by atoms with Gasteiger partial charge in [-0.15, -0.1) is 0 Å². The van der Waals surface area contributed by atoms with Gasteiger partial charge in [0.25, 0.3) is 0 Å². The highest BCUT2D eigenvalue weighted by Crippen LogP contribution is 2.42. The molecule has 2 heterocycles. The van der Waals surface area contributed by atoms with E-state index in [1.54, 1.807) is 0 Å². The summed E-state index contributed by atoms with van der Waals surface area (Å²) in [5.41, 5.74) is 14.0. The Labute approximate surface area is 279 Å². The zero-order chi connectivity index (χ0) is 32.2. The molecule has 0 atom stereocenters. The third-order valence-corrected chi connectivity index (χ3v) is 11.0. The molecule has 0 N–H and O–H groups in total. The zero-order valence-corrected chi connectivity index (χ0v) is 26.9. The molecule has 0 spiro atoms. The molecular weight excluding hydrogens is 609 g/mol. The quantitative estimate of drug-likeness (QED) is 0.193. The van der Waals surface area contributed by atoms with E-state index in [0.29, 0.717) is 0 Å². The molecule has 0 unspecified atom stereocenters. The molecule has 0 radical (unpaired) electrons. The predicted molar refractivity (Wildman–Crippen MR) is 197 cm³/mol. The van der Waals surface area contributed by atoms with Crippen molar-refractivity contribution in [3.05, 3.63) is 169 Å². The smallest absolute Gasteiger partial charge is 0.158 e. The van der Waals surface area contributed by atoms with Gasteiger partial charge in [-0.05, 0) is 109 Å². The van der Waals surface area contributed by atoms with Crippen molar-refractivity contribution in [1.82, 2.24) is 0 Å². The van der Waals surface area contributed by atoms with Crippen molar-refractivity contribution < 1.29 is 12.8 Å². The molecule has 1 aliphatic heterocycles. The minimum atomic E-state index is -3.36. The summed E-state index contributed by atoms with van der Waals surface area (Å²) in [7, 11) is -3.36. The van der Waals surface area contributed by atoms with E-state index in [9.17, 15) is 8.42 Å². The van der Waals surface area contributed by atoms with E-state index in [1.165, 1.54) is 0 Å². The second kappa shape index (κ2) is 11.2. The molecule has 48 heavy (non-hydrogen) atoms. The largest absolute Gasteiger partial charge is 0.456 e. The molecule has 0 amide bonds. The highest BCUT2D eigenvalue weighted by molar-refractivity contribution is 7.89. The first kappa shape index (κ1) is 28.5. The summed E-state index contributed by atoms with van der Waals surface area (Å²) in [6, 6.07) is 54.3. The lowest BCUT2D eigenvalue weighted by Crippen LogP contribution is -2.05. The van der Waals surface area contributed by atoms with Gasteiger partial charge in [0.15, 0.2) is 9.84 Å². The molecule has 7 aromatic carbocycles. The van der Waals surface area contributed by atoms with Crippen molar-refractivity contribution >= 4 is 31.8 Å². The minimum Gasteiger partial charge on any atom is -0.456 e. The highest BCUT2D eigenvalue weighted by atomic mass is 32.2. The number of para-hydroxylation sites is 1. The summed E-state index contributed by atoms with van der Waals surface area (Å²) in [6.45, 7) is 0. The van der Waals surface area contributed by atoms with Crippen molar-refractivity contribution in [2.75, 3.05) is 0 Å². The van der Waals surface area contributed by atoms with Crippen molar-refractivity contribution in [1.29, 1.82) is 0 Å². The fourth-order valence-corrected chi connectivity index (χ4v) is 8.74. The Hall–Kier alpha value is -5.71. The number of hydrogen-bond acceptors (Lipinski definition) is 3. The van der Waals surface area contributed by atoms with Gasteiger partial charge in [0, 0.05) is 10.8 Å². The average molecular weight is 639 g/mol. The molecule has 230 valence electrons. The topological polar surface area (TPSA) is 47.3 Å².